The van der Waals surface area contributed by atoms with Crippen molar-refractivity contribution in [2.24, 2.45) is 0 Å². The highest BCUT2D eigenvalue weighted by Gasteiger charge is 2.18. The molecule has 2 aromatic rings. The number of carbonyl (C=O) groups is 2. The molecule has 0 bridgehead atoms. The summed E-state index contributed by atoms with van der Waals surface area (Å²) in [6.07, 6.45) is 1.17. The molecule has 0 saturated carbocycles. The van der Waals surface area contributed by atoms with Gasteiger partial charge in [0.05, 0.1) is 12.0 Å². The molecule has 0 aliphatic heterocycles. The van der Waals surface area contributed by atoms with Crippen molar-refractivity contribution in [1.29, 1.82) is 0 Å². The highest BCUT2D eigenvalue weighted by atomic mass is 35.5. The van der Waals surface area contributed by atoms with Gasteiger partial charge in [-0.2, -0.15) is 0 Å². The Bertz CT molecular complexity index is 595. The van der Waals surface area contributed by atoms with Gasteiger partial charge in [-0.05, 0) is 18.2 Å². The van der Waals surface area contributed by atoms with Gasteiger partial charge in [0.25, 0.3) is 0 Å². The third-order valence-electron chi connectivity index (χ3n) is 2.25. The molecular weight excluding hydrogens is 274 g/mol. The van der Waals surface area contributed by atoms with Crippen molar-refractivity contribution in [3.63, 3.8) is 0 Å². The second-order valence-electron chi connectivity index (χ2n) is 3.52. The van der Waals surface area contributed by atoms with E-state index in [4.69, 9.17) is 11.6 Å². The zero-order valence-corrected chi connectivity index (χ0v) is 10.7. The lowest BCUT2D eigenvalue weighted by Crippen LogP contribution is -2.08. The summed E-state index contributed by atoms with van der Waals surface area (Å²) in [7, 11) is 0. The summed E-state index contributed by atoms with van der Waals surface area (Å²) in [5.74, 6) is -1.03. The summed E-state index contributed by atoms with van der Waals surface area (Å²) in [6, 6.07) is 4.13. The number of halogens is 1. The molecule has 0 atom stereocenters. The molecule has 0 unspecified atom stereocenters. The molecule has 0 radical (unpaired) electrons. The monoisotopic (exact) mass is 281 g/mol. The average Bonchev–Trinajstić information content (AvgIpc) is 2.85. The third-order valence-corrected chi connectivity index (χ3v) is 3.30. The van der Waals surface area contributed by atoms with E-state index >= 15 is 0 Å². The molecule has 18 heavy (non-hydrogen) atoms. The molecule has 1 heterocycles. The number of phenolic OH excluding ortho intramolecular Hbond substituents is 1. The Balaban J connectivity index is 2.17. The van der Waals surface area contributed by atoms with Gasteiger partial charge >= 0.3 is 0 Å². The number of carbonyl (C=O) groups excluding carboxylic acids is 2. The zero-order chi connectivity index (χ0) is 13.1. The fourth-order valence-corrected chi connectivity index (χ4v) is 2.16. The molecule has 0 saturated heterocycles. The fraction of sp³-hybridized carbons (Fsp3) is 0.0833. The van der Waals surface area contributed by atoms with Gasteiger partial charge in [0, 0.05) is 16.6 Å². The molecule has 92 valence electrons. The number of thiazole rings is 1. The number of hydrogen-bond acceptors (Lipinski definition) is 5. The maximum atomic E-state index is 11.9. The van der Waals surface area contributed by atoms with E-state index in [1.54, 1.807) is 5.38 Å². The van der Waals surface area contributed by atoms with Crippen LogP contribution in [0.2, 0.25) is 5.02 Å². The van der Waals surface area contributed by atoms with Gasteiger partial charge in [0.1, 0.15) is 5.75 Å². The molecule has 1 aromatic heterocycles. The van der Waals surface area contributed by atoms with Crippen molar-refractivity contribution in [1.82, 2.24) is 4.98 Å². The lowest BCUT2D eigenvalue weighted by molar-refractivity contribution is 0.0893. The second kappa shape index (κ2) is 5.29. The van der Waals surface area contributed by atoms with Crippen LogP contribution >= 0.6 is 22.9 Å². The van der Waals surface area contributed by atoms with E-state index in [9.17, 15) is 14.7 Å². The minimum absolute atomic E-state index is 0.0485. The Labute approximate surface area is 112 Å². The van der Waals surface area contributed by atoms with Crippen LogP contribution in [0.3, 0.4) is 0 Å². The topological polar surface area (TPSA) is 67.3 Å². The fourth-order valence-electron chi connectivity index (χ4n) is 1.41. The van der Waals surface area contributed by atoms with Crippen molar-refractivity contribution in [3.05, 3.63) is 45.4 Å². The van der Waals surface area contributed by atoms with Crippen molar-refractivity contribution in [3.8, 4) is 5.75 Å². The number of nitrogens with zero attached hydrogens (tertiary/aromatic N) is 1. The number of ketones is 2. The predicted octanol–water partition coefficient (Wildman–Crippen LogP) is 2.96. The smallest absolute Gasteiger partial charge is 0.199 e. The summed E-state index contributed by atoms with van der Waals surface area (Å²) >= 11 is 6.91. The zero-order valence-electron chi connectivity index (χ0n) is 9.09. The maximum absolute atomic E-state index is 11.9. The molecular formula is C12H8ClNO3S. The molecule has 1 N–H and O–H groups in total. The van der Waals surface area contributed by atoms with E-state index in [0.717, 1.165) is 0 Å². The number of aromatic nitrogens is 1. The van der Waals surface area contributed by atoms with Crippen molar-refractivity contribution in [2.75, 3.05) is 0 Å². The van der Waals surface area contributed by atoms with Gasteiger partial charge in [0.15, 0.2) is 16.6 Å². The van der Waals surface area contributed by atoms with E-state index in [1.165, 1.54) is 35.7 Å². The molecule has 0 spiro atoms. The van der Waals surface area contributed by atoms with Crippen molar-refractivity contribution >= 4 is 34.5 Å². The summed E-state index contributed by atoms with van der Waals surface area (Å²) in [5.41, 5.74) is 0.0485. The van der Waals surface area contributed by atoms with Crippen molar-refractivity contribution in [2.45, 2.75) is 6.42 Å². The number of aromatic hydroxyl groups is 1. The highest BCUT2D eigenvalue weighted by molar-refractivity contribution is 7.11. The lowest BCUT2D eigenvalue weighted by Gasteiger charge is -2.03. The minimum atomic E-state index is -0.477. The Hall–Kier alpha value is -1.72. The third kappa shape index (κ3) is 2.75. The Morgan fingerprint density at radius 1 is 1.33 bits per heavy atom. The van der Waals surface area contributed by atoms with Crippen LogP contribution in [-0.2, 0) is 0 Å². The molecule has 0 aliphatic carbocycles. The van der Waals surface area contributed by atoms with Crippen LogP contribution in [0.15, 0.2) is 29.8 Å². The molecule has 0 fully saturated rings. The normalized spacial score (nSPS) is 10.3. The van der Waals surface area contributed by atoms with E-state index in [1.807, 2.05) is 0 Å². The van der Waals surface area contributed by atoms with Crippen LogP contribution in [0.4, 0.5) is 0 Å². The Morgan fingerprint density at radius 3 is 2.78 bits per heavy atom. The van der Waals surface area contributed by atoms with E-state index in [0.29, 0.717) is 5.02 Å². The van der Waals surface area contributed by atoms with Gasteiger partial charge in [0.2, 0.25) is 0 Å². The average molecular weight is 282 g/mol. The van der Waals surface area contributed by atoms with Crippen LogP contribution in [0.5, 0.6) is 5.75 Å². The van der Waals surface area contributed by atoms with E-state index in [-0.39, 0.29) is 28.5 Å². The molecule has 1 aromatic carbocycles. The number of Topliss-reactive ketones (excluding diaryl/α,β-unsaturated/α-hetero) is 2. The van der Waals surface area contributed by atoms with Crippen LogP contribution in [-0.4, -0.2) is 21.7 Å². The molecule has 2 rings (SSSR count). The first-order valence-corrected chi connectivity index (χ1v) is 6.28. The van der Waals surface area contributed by atoms with Gasteiger partial charge in [-0.25, -0.2) is 4.98 Å². The highest BCUT2D eigenvalue weighted by Crippen LogP contribution is 2.23. The summed E-state index contributed by atoms with van der Waals surface area (Å²) in [4.78, 5) is 27.4. The predicted molar refractivity (Wildman–Crippen MR) is 68.5 cm³/mol. The van der Waals surface area contributed by atoms with Gasteiger partial charge in [-0.3, -0.25) is 9.59 Å². The van der Waals surface area contributed by atoms with Crippen molar-refractivity contribution < 1.29 is 14.7 Å². The van der Waals surface area contributed by atoms with Crippen LogP contribution in [0.1, 0.15) is 26.6 Å². The Kier molecular flexibility index (Phi) is 3.74. The maximum Gasteiger partial charge on any atom is 0.199 e. The van der Waals surface area contributed by atoms with Gasteiger partial charge < -0.3 is 5.11 Å². The molecule has 0 aliphatic rings. The SMILES string of the molecule is O=C(CC(=O)c1cc(Cl)ccc1O)c1nccs1. The van der Waals surface area contributed by atoms with Crippen LogP contribution in [0, 0.1) is 0 Å². The molecule has 0 amide bonds. The van der Waals surface area contributed by atoms with Crippen LogP contribution in [0.25, 0.3) is 0 Å². The number of hydrogen-bond donors (Lipinski definition) is 1. The molecule has 4 nitrogen and oxygen atoms in total. The first-order chi connectivity index (χ1) is 8.58. The van der Waals surface area contributed by atoms with E-state index in [2.05, 4.69) is 4.98 Å². The Morgan fingerprint density at radius 2 is 2.11 bits per heavy atom. The van der Waals surface area contributed by atoms with E-state index < -0.39 is 5.78 Å². The first kappa shape index (κ1) is 12.7. The summed E-state index contributed by atoms with van der Waals surface area (Å²) in [6.45, 7) is 0. The summed E-state index contributed by atoms with van der Waals surface area (Å²) in [5, 5.41) is 11.8. The number of rotatable bonds is 4. The second-order valence-corrected chi connectivity index (χ2v) is 4.85. The lowest BCUT2D eigenvalue weighted by atomic mass is 10.1. The van der Waals surface area contributed by atoms with Gasteiger partial charge in [-0.1, -0.05) is 11.6 Å². The largest absolute Gasteiger partial charge is 0.507 e. The number of phenols is 1. The van der Waals surface area contributed by atoms with Gasteiger partial charge in [-0.15, -0.1) is 11.3 Å². The quantitative estimate of drug-likeness (QED) is 0.691. The minimum Gasteiger partial charge on any atom is -0.507 e. The number of benzene rings is 1. The van der Waals surface area contributed by atoms with Crippen LogP contribution < -0.4 is 0 Å². The standard InChI is InChI=1S/C12H8ClNO3S/c13-7-1-2-9(15)8(5-7)10(16)6-11(17)12-14-3-4-18-12/h1-5,15H,6H2. The first-order valence-electron chi connectivity index (χ1n) is 5.02. The molecule has 6 heteroatoms. The summed E-state index contributed by atoms with van der Waals surface area (Å²) < 4.78 is 0.